The van der Waals surface area contributed by atoms with Crippen LogP contribution < -0.4 is 0 Å². The van der Waals surface area contributed by atoms with Crippen molar-refractivity contribution in [2.75, 3.05) is 26.2 Å². The zero-order valence-corrected chi connectivity index (χ0v) is 17.8. The fraction of sp³-hybridized carbons (Fsp3) is 0.348. The van der Waals surface area contributed by atoms with E-state index in [1.54, 1.807) is 41.3 Å². The van der Waals surface area contributed by atoms with E-state index in [0.29, 0.717) is 48.9 Å². The van der Waals surface area contributed by atoms with Crippen molar-refractivity contribution in [3.05, 3.63) is 70.0 Å². The van der Waals surface area contributed by atoms with Gasteiger partial charge in [0.05, 0.1) is 6.54 Å². The van der Waals surface area contributed by atoms with Gasteiger partial charge in [0.15, 0.2) is 0 Å². The van der Waals surface area contributed by atoms with Crippen LogP contribution in [0.25, 0.3) is 0 Å². The highest BCUT2D eigenvalue weighted by molar-refractivity contribution is 6.31. The summed E-state index contributed by atoms with van der Waals surface area (Å²) < 4.78 is 14.0. The quantitative estimate of drug-likeness (QED) is 0.666. The molecule has 0 spiro atoms. The van der Waals surface area contributed by atoms with Crippen LogP contribution in [0.2, 0.25) is 5.02 Å². The molecular weight excluding hydrogens is 421 g/mol. The van der Waals surface area contributed by atoms with E-state index >= 15 is 0 Å². The van der Waals surface area contributed by atoms with Gasteiger partial charge in [0, 0.05) is 61.7 Å². The summed E-state index contributed by atoms with van der Waals surface area (Å²) >= 11 is 6.12. The van der Waals surface area contributed by atoms with Crippen LogP contribution in [0, 0.1) is 5.82 Å². The van der Waals surface area contributed by atoms with Gasteiger partial charge in [0.25, 0.3) is 5.91 Å². The van der Waals surface area contributed by atoms with Crippen LogP contribution >= 0.6 is 11.6 Å². The van der Waals surface area contributed by atoms with Gasteiger partial charge in [-0.2, -0.15) is 0 Å². The molecule has 162 valence electrons. The average molecular weight is 444 g/mol. The van der Waals surface area contributed by atoms with E-state index in [4.69, 9.17) is 11.6 Å². The molecule has 0 atom stereocenters. The first-order chi connectivity index (χ1) is 14.9. The van der Waals surface area contributed by atoms with Gasteiger partial charge in [-0.15, -0.1) is 0 Å². The maximum absolute atomic E-state index is 14.0. The minimum absolute atomic E-state index is 0.0663. The SMILES string of the molecule is O=C(c1ccc(CN2C(=O)CCC2=O)cc1)N1CCN(Cc2c(F)cccc2Cl)CC1. The first-order valence-corrected chi connectivity index (χ1v) is 10.7. The van der Waals surface area contributed by atoms with Crippen LogP contribution in [-0.2, 0) is 22.7 Å². The van der Waals surface area contributed by atoms with Crippen molar-refractivity contribution in [3.63, 3.8) is 0 Å². The second kappa shape index (κ2) is 9.16. The van der Waals surface area contributed by atoms with E-state index in [1.807, 2.05) is 0 Å². The highest BCUT2D eigenvalue weighted by Gasteiger charge is 2.29. The second-order valence-corrected chi connectivity index (χ2v) is 8.25. The standard InChI is InChI=1S/C23H23ClFN3O3/c24-19-2-1-3-20(25)18(19)15-26-10-12-27(13-11-26)23(31)17-6-4-16(5-7-17)14-28-21(29)8-9-22(28)30/h1-7H,8-15H2. The van der Waals surface area contributed by atoms with Gasteiger partial charge >= 0.3 is 0 Å². The van der Waals surface area contributed by atoms with Gasteiger partial charge in [0.2, 0.25) is 11.8 Å². The molecule has 0 radical (unpaired) electrons. The Labute approximate surface area is 185 Å². The summed E-state index contributed by atoms with van der Waals surface area (Å²) in [6, 6.07) is 11.7. The van der Waals surface area contributed by atoms with Gasteiger partial charge in [-0.3, -0.25) is 24.2 Å². The summed E-state index contributed by atoms with van der Waals surface area (Å²) in [4.78, 5) is 41.5. The highest BCUT2D eigenvalue weighted by atomic mass is 35.5. The number of halogens is 2. The zero-order valence-electron chi connectivity index (χ0n) is 17.0. The molecule has 0 N–H and O–H groups in total. The van der Waals surface area contributed by atoms with E-state index in [0.717, 1.165) is 5.56 Å². The first kappa shape index (κ1) is 21.5. The van der Waals surface area contributed by atoms with Gasteiger partial charge in [-0.25, -0.2) is 4.39 Å². The molecule has 0 saturated carbocycles. The molecular formula is C23H23ClFN3O3. The molecule has 6 nitrogen and oxygen atoms in total. The van der Waals surface area contributed by atoms with E-state index in [9.17, 15) is 18.8 Å². The topological polar surface area (TPSA) is 60.9 Å². The lowest BCUT2D eigenvalue weighted by Gasteiger charge is -2.35. The third-order valence-electron chi connectivity index (χ3n) is 5.80. The van der Waals surface area contributed by atoms with Crippen molar-refractivity contribution < 1.29 is 18.8 Å². The van der Waals surface area contributed by atoms with Crippen molar-refractivity contribution >= 4 is 29.3 Å². The van der Waals surface area contributed by atoms with Crippen molar-refractivity contribution in [1.29, 1.82) is 0 Å². The summed E-state index contributed by atoms with van der Waals surface area (Å²) in [6.45, 7) is 3.01. The van der Waals surface area contributed by atoms with Crippen molar-refractivity contribution in [2.45, 2.75) is 25.9 Å². The van der Waals surface area contributed by atoms with Gasteiger partial charge in [0.1, 0.15) is 5.82 Å². The maximum Gasteiger partial charge on any atom is 0.253 e. The zero-order chi connectivity index (χ0) is 22.0. The number of carbonyl (C=O) groups is 3. The summed E-state index contributed by atoms with van der Waals surface area (Å²) in [5.41, 5.74) is 1.86. The summed E-state index contributed by atoms with van der Waals surface area (Å²) in [7, 11) is 0. The molecule has 2 aromatic carbocycles. The Morgan fingerprint density at radius 3 is 2.16 bits per heavy atom. The van der Waals surface area contributed by atoms with E-state index in [2.05, 4.69) is 4.90 Å². The molecule has 2 aliphatic heterocycles. The Balaban J connectivity index is 1.32. The number of rotatable bonds is 5. The van der Waals surface area contributed by atoms with Crippen molar-refractivity contribution in [1.82, 2.24) is 14.7 Å². The lowest BCUT2D eigenvalue weighted by molar-refractivity contribution is -0.139. The molecule has 4 rings (SSSR count). The predicted octanol–water partition coefficient (Wildman–Crippen LogP) is 3.09. The molecule has 0 bridgehead atoms. The third kappa shape index (κ3) is 4.78. The third-order valence-corrected chi connectivity index (χ3v) is 6.15. The molecule has 0 aliphatic carbocycles. The lowest BCUT2D eigenvalue weighted by atomic mass is 10.1. The lowest BCUT2D eigenvalue weighted by Crippen LogP contribution is -2.48. The smallest absolute Gasteiger partial charge is 0.253 e. The molecule has 2 saturated heterocycles. The molecule has 31 heavy (non-hydrogen) atoms. The van der Waals surface area contributed by atoms with E-state index in [1.165, 1.54) is 11.0 Å². The monoisotopic (exact) mass is 443 g/mol. The molecule has 3 amide bonds. The Hall–Kier alpha value is -2.77. The highest BCUT2D eigenvalue weighted by Crippen LogP contribution is 2.22. The largest absolute Gasteiger partial charge is 0.336 e. The Kier molecular flexibility index (Phi) is 6.34. The minimum Gasteiger partial charge on any atom is -0.336 e. The van der Waals surface area contributed by atoms with Gasteiger partial charge in [-0.1, -0.05) is 29.8 Å². The number of carbonyl (C=O) groups excluding carboxylic acids is 3. The number of hydrogen-bond donors (Lipinski definition) is 0. The number of hydrogen-bond acceptors (Lipinski definition) is 4. The summed E-state index contributed by atoms with van der Waals surface area (Å²) in [6.07, 6.45) is 0.537. The number of likely N-dealkylation sites (tertiary alicyclic amines) is 1. The predicted molar refractivity (Wildman–Crippen MR) is 114 cm³/mol. The van der Waals surface area contributed by atoms with Crippen LogP contribution in [0.5, 0.6) is 0 Å². The first-order valence-electron chi connectivity index (χ1n) is 10.3. The number of piperazine rings is 1. The van der Waals surface area contributed by atoms with E-state index in [-0.39, 0.29) is 42.9 Å². The van der Waals surface area contributed by atoms with Crippen molar-refractivity contribution in [2.24, 2.45) is 0 Å². The van der Waals surface area contributed by atoms with Crippen LogP contribution in [0.15, 0.2) is 42.5 Å². The molecule has 0 aromatic heterocycles. The van der Waals surface area contributed by atoms with Crippen molar-refractivity contribution in [3.8, 4) is 0 Å². The molecule has 2 fully saturated rings. The molecule has 2 aliphatic rings. The molecule has 8 heteroatoms. The molecule has 0 unspecified atom stereocenters. The fourth-order valence-corrected chi connectivity index (χ4v) is 4.16. The average Bonchev–Trinajstić information content (AvgIpc) is 3.09. The number of imide groups is 1. The number of benzene rings is 2. The Morgan fingerprint density at radius 2 is 1.55 bits per heavy atom. The number of nitrogens with zero attached hydrogens (tertiary/aromatic N) is 3. The summed E-state index contributed by atoms with van der Waals surface area (Å²) in [5.74, 6) is -0.689. The molecule has 2 heterocycles. The Morgan fingerprint density at radius 1 is 0.903 bits per heavy atom. The minimum atomic E-state index is -0.316. The Bertz CT molecular complexity index is 967. The van der Waals surface area contributed by atoms with Crippen LogP contribution in [0.3, 0.4) is 0 Å². The number of amides is 3. The maximum atomic E-state index is 14.0. The van der Waals surface area contributed by atoms with Crippen LogP contribution in [-0.4, -0.2) is 58.6 Å². The van der Waals surface area contributed by atoms with E-state index < -0.39 is 0 Å². The summed E-state index contributed by atoms with van der Waals surface area (Å²) in [5, 5.41) is 0.413. The second-order valence-electron chi connectivity index (χ2n) is 7.84. The van der Waals surface area contributed by atoms with Crippen LogP contribution in [0.4, 0.5) is 4.39 Å². The van der Waals surface area contributed by atoms with Crippen LogP contribution in [0.1, 0.15) is 34.3 Å². The van der Waals surface area contributed by atoms with Gasteiger partial charge in [-0.05, 0) is 29.8 Å². The fourth-order valence-electron chi connectivity index (χ4n) is 3.93. The molecule has 2 aromatic rings. The normalized spacial score (nSPS) is 17.5. The van der Waals surface area contributed by atoms with Gasteiger partial charge < -0.3 is 4.90 Å².